The molecule has 2 aliphatic heterocycles. The predicted octanol–water partition coefficient (Wildman–Crippen LogP) is 3.75. The number of carbonyl (C=O) groups excluding carboxylic acids is 4. The number of piperazine rings is 1. The van der Waals surface area contributed by atoms with Crippen molar-refractivity contribution in [2.24, 2.45) is 17.8 Å². The number of likely N-dealkylation sites (tertiary alicyclic amines) is 1. The van der Waals surface area contributed by atoms with Gasteiger partial charge in [-0.2, -0.15) is 0 Å². The molecule has 3 heterocycles. The number of imide groups is 1. The minimum atomic E-state index is -1.03. The number of β-lactam (4-membered cyclic amide) rings is 1. The number of pyridine rings is 1. The fourth-order valence-corrected chi connectivity index (χ4v) is 5.28. The molecule has 2 aliphatic rings. The Hall–Kier alpha value is -3.95. The van der Waals surface area contributed by atoms with E-state index in [4.69, 9.17) is 9.47 Å². The summed E-state index contributed by atoms with van der Waals surface area (Å²) in [5, 5.41) is 0. The first-order chi connectivity index (χ1) is 19.2. The van der Waals surface area contributed by atoms with Crippen LogP contribution in [0.3, 0.4) is 0 Å². The summed E-state index contributed by atoms with van der Waals surface area (Å²) in [6.07, 6.45) is 2.94. The lowest BCUT2D eigenvalue weighted by Gasteiger charge is -2.46. The molecule has 0 saturated carbocycles. The number of aromatic nitrogens is 1. The number of hydrogen-bond donors (Lipinski definition) is 0. The van der Waals surface area contributed by atoms with E-state index in [1.807, 2.05) is 58.0 Å². The van der Waals surface area contributed by atoms with Crippen LogP contribution in [0, 0.1) is 17.8 Å². The molecule has 0 spiro atoms. The molecule has 0 aliphatic carbocycles. The molecule has 40 heavy (non-hydrogen) atoms. The summed E-state index contributed by atoms with van der Waals surface area (Å²) in [6.45, 7) is 9.12. The maximum atomic E-state index is 13.5. The van der Waals surface area contributed by atoms with Gasteiger partial charge in [0, 0.05) is 38.6 Å². The van der Waals surface area contributed by atoms with Crippen molar-refractivity contribution in [3.8, 4) is 0 Å². The Morgan fingerprint density at radius 3 is 2.08 bits per heavy atom. The monoisotopic (exact) mass is 550 g/mol. The van der Waals surface area contributed by atoms with Gasteiger partial charge in [0.25, 0.3) is 0 Å². The SMILES string of the molecule is CC(C)C(OC(=O)N1CCN(C(=O)N2C(=O)[C@H](Cc3ccncc3)[C@H]2C(=O)OCc2ccccc2)CC1)C(C)C. The molecule has 2 saturated heterocycles. The average molecular weight is 551 g/mol. The van der Waals surface area contributed by atoms with Crippen LogP contribution in [0.4, 0.5) is 9.59 Å². The molecule has 214 valence electrons. The molecule has 10 nitrogen and oxygen atoms in total. The topological polar surface area (TPSA) is 109 Å². The zero-order valence-electron chi connectivity index (χ0n) is 23.6. The van der Waals surface area contributed by atoms with Crippen molar-refractivity contribution in [2.45, 2.75) is 52.9 Å². The lowest BCUT2D eigenvalue weighted by molar-refractivity contribution is -0.171. The Balaban J connectivity index is 1.41. The lowest BCUT2D eigenvalue weighted by Crippen LogP contribution is -2.70. The molecule has 0 N–H and O–H groups in total. The van der Waals surface area contributed by atoms with E-state index in [-0.39, 0.29) is 50.7 Å². The number of esters is 1. The van der Waals surface area contributed by atoms with E-state index in [0.717, 1.165) is 16.0 Å². The summed E-state index contributed by atoms with van der Waals surface area (Å²) in [7, 11) is 0. The smallest absolute Gasteiger partial charge is 0.410 e. The summed E-state index contributed by atoms with van der Waals surface area (Å²) >= 11 is 0. The molecule has 0 bridgehead atoms. The molecule has 1 aromatic carbocycles. The van der Waals surface area contributed by atoms with E-state index in [0.29, 0.717) is 6.42 Å². The van der Waals surface area contributed by atoms with Crippen LogP contribution in [0.25, 0.3) is 0 Å². The molecular weight excluding hydrogens is 512 g/mol. The summed E-state index contributed by atoms with van der Waals surface area (Å²) < 4.78 is 11.3. The Morgan fingerprint density at radius 2 is 1.48 bits per heavy atom. The number of benzene rings is 1. The molecule has 4 rings (SSSR count). The fourth-order valence-electron chi connectivity index (χ4n) is 5.28. The Labute approximate surface area is 235 Å². The molecule has 0 radical (unpaired) electrons. The van der Waals surface area contributed by atoms with E-state index in [1.54, 1.807) is 29.4 Å². The quantitative estimate of drug-likeness (QED) is 0.364. The molecule has 2 fully saturated rings. The molecule has 0 unspecified atom stereocenters. The molecular formula is C30H38N4O6. The van der Waals surface area contributed by atoms with Gasteiger partial charge in [0.05, 0.1) is 5.92 Å². The zero-order chi connectivity index (χ0) is 28.8. The van der Waals surface area contributed by atoms with E-state index in [1.165, 1.54) is 4.90 Å². The van der Waals surface area contributed by atoms with Gasteiger partial charge in [0.15, 0.2) is 6.04 Å². The first-order valence-electron chi connectivity index (χ1n) is 13.8. The van der Waals surface area contributed by atoms with Crippen LogP contribution in [0.5, 0.6) is 0 Å². The van der Waals surface area contributed by atoms with Crippen molar-refractivity contribution in [3.63, 3.8) is 0 Å². The highest BCUT2D eigenvalue weighted by Gasteiger charge is 2.56. The third-order valence-electron chi connectivity index (χ3n) is 7.45. The minimum absolute atomic E-state index is 0.0445. The van der Waals surface area contributed by atoms with Crippen molar-refractivity contribution >= 4 is 24.0 Å². The lowest BCUT2D eigenvalue weighted by atomic mass is 9.82. The van der Waals surface area contributed by atoms with Crippen LogP contribution in [-0.2, 0) is 32.1 Å². The summed E-state index contributed by atoms with van der Waals surface area (Å²) in [5.41, 5.74) is 1.65. The molecule has 2 aromatic rings. The van der Waals surface area contributed by atoms with Gasteiger partial charge in [-0.1, -0.05) is 58.0 Å². The standard InChI is InChI=1S/C30H38N4O6/c1-20(2)26(21(3)4)40-30(38)33-16-14-32(15-17-33)29(37)34-25(28(36)39-19-23-8-6-5-7-9-23)24(27(34)35)18-22-10-12-31-13-11-22/h5-13,20-21,24-26H,14-19H2,1-4H3/t24-,25+/m1/s1. The van der Waals surface area contributed by atoms with Gasteiger partial charge in [-0.25, -0.2) is 19.3 Å². The van der Waals surface area contributed by atoms with Crippen LogP contribution in [0.15, 0.2) is 54.9 Å². The van der Waals surface area contributed by atoms with Crippen LogP contribution >= 0.6 is 0 Å². The minimum Gasteiger partial charge on any atom is -0.459 e. The summed E-state index contributed by atoms with van der Waals surface area (Å²) in [6, 6.07) is 11.2. The van der Waals surface area contributed by atoms with Crippen molar-refractivity contribution < 1.29 is 28.7 Å². The van der Waals surface area contributed by atoms with E-state index < -0.39 is 36.0 Å². The molecule has 1 aromatic heterocycles. The average Bonchev–Trinajstić information content (AvgIpc) is 2.96. The summed E-state index contributed by atoms with van der Waals surface area (Å²) in [4.78, 5) is 60.8. The number of amides is 4. The second kappa shape index (κ2) is 12.9. The normalized spacial score (nSPS) is 19.2. The number of rotatable bonds is 8. The van der Waals surface area contributed by atoms with Crippen LogP contribution in [0.1, 0.15) is 38.8 Å². The van der Waals surface area contributed by atoms with Crippen molar-refractivity contribution in [1.29, 1.82) is 0 Å². The van der Waals surface area contributed by atoms with Gasteiger partial charge in [0.2, 0.25) is 5.91 Å². The van der Waals surface area contributed by atoms with Gasteiger partial charge in [0.1, 0.15) is 12.7 Å². The first-order valence-corrected chi connectivity index (χ1v) is 13.8. The van der Waals surface area contributed by atoms with Crippen LogP contribution in [0.2, 0.25) is 0 Å². The van der Waals surface area contributed by atoms with E-state index >= 15 is 0 Å². The largest absolute Gasteiger partial charge is 0.459 e. The van der Waals surface area contributed by atoms with E-state index in [2.05, 4.69) is 4.98 Å². The number of urea groups is 1. The highest BCUT2D eigenvalue weighted by Crippen LogP contribution is 2.33. The van der Waals surface area contributed by atoms with Crippen LogP contribution in [-0.4, -0.2) is 82.0 Å². The highest BCUT2D eigenvalue weighted by atomic mass is 16.6. The molecule has 4 amide bonds. The second-order valence-corrected chi connectivity index (χ2v) is 11.0. The third-order valence-corrected chi connectivity index (χ3v) is 7.45. The van der Waals surface area contributed by atoms with Crippen molar-refractivity contribution in [1.82, 2.24) is 19.7 Å². The third kappa shape index (κ3) is 6.60. The highest BCUT2D eigenvalue weighted by molar-refractivity contribution is 6.08. The van der Waals surface area contributed by atoms with Gasteiger partial charge in [-0.3, -0.25) is 9.78 Å². The number of carbonyl (C=O) groups is 4. The Kier molecular flexibility index (Phi) is 9.39. The molecule has 10 heteroatoms. The van der Waals surface area contributed by atoms with Crippen molar-refractivity contribution in [2.75, 3.05) is 26.2 Å². The predicted molar refractivity (Wildman–Crippen MR) is 147 cm³/mol. The first kappa shape index (κ1) is 29.0. The Morgan fingerprint density at radius 1 is 0.875 bits per heavy atom. The van der Waals surface area contributed by atoms with Gasteiger partial charge >= 0.3 is 18.1 Å². The van der Waals surface area contributed by atoms with E-state index in [9.17, 15) is 19.2 Å². The van der Waals surface area contributed by atoms with Gasteiger partial charge in [-0.05, 0) is 41.5 Å². The zero-order valence-corrected chi connectivity index (χ0v) is 23.6. The maximum absolute atomic E-state index is 13.5. The Bertz CT molecular complexity index is 1170. The van der Waals surface area contributed by atoms with Gasteiger partial charge in [-0.15, -0.1) is 0 Å². The number of nitrogens with zero attached hydrogens (tertiary/aromatic N) is 4. The van der Waals surface area contributed by atoms with Gasteiger partial charge < -0.3 is 19.3 Å². The summed E-state index contributed by atoms with van der Waals surface area (Å²) in [5.74, 6) is -1.38. The maximum Gasteiger partial charge on any atom is 0.410 e. The van der Waals surface area contributed by atoms with Crippen LogP contribution < -0.4 is 0 Å². The van der Waals surface area contributed by atoms with Crippen molar-refractivity contribution in [3.05, 3.63) is 66.0 Å². The second-order valence-electron chi connectivity index (χ2n) is 11.0. The fraction of sp³-hybridized carbons (Fsp3) is 0.500. The number of hydrogen-bond acceptors (Lipinski definition) is 7. The molecule has 2 atom stereocenters. The number of ether oxygens (including phenoxy) is 2.